The first kappa shape index (κ1) is 16.5. The molecule has 1 saturated carbocycles. The van der Waals surface area contributed by atoms with Crippen molar-refractivity contribution in [3.63, 3.8) is 0 Å². The van der Waals surface area contributed by atoms with Gasteiger partial charge in [0.25, 0.3) is 0 Å². The van der Waals surface area contributed by atoms with Crippen LogP contribution >= 0.6 is 11.6 Å². The Labute approximate surface area is 130 Å². The molecule has 1 aliphatic carbocycles. The van der Waals surface area contributed by atoms with E-state index >= 15 is 0 Å². The van der Waals surface area contributed by atoms with Crippen molar-refractivity contribution in [1.29, 1.82) is 0 Å². The topological polar surface area (TPSA) is 92.4 Å². The molecule has 0 radical (unpaired) electrons. The molecule has 0 aliphatic heterocycles. The summed E-state index contributed by atoms with van der Waals surface area (Å²) in [6.07, 6.45) is 3.18. The summed E-state index contributed by atoms with van der Waals surface area (Å²) in [7, 11) is -3.80. The molecule has 0 heterocycles. The molecular weight excluding hydrogens is 312 g/mol. The molecule has 2 unspecified atom stereocenters. The Morgan fingerprint density at radius 2 is 2.24 bits per heavy atom. The Morgan fingerprint density at radius 3 is 2.81 bits per heavy atom. The maximum atomic E-state index is 12.6. The summed E-state index contributed by atoms with van der Waals surface area (Å²) in [5, 5.41) is 9.79. The quantitative estimate of drug-likeness (QED) is 0.736. The molecule has 0 spiro atoms. The molecule has 0 aromatic heterocycles. The summed E-state index contributed by atoms with van der Waals surface area (Å²) in [5.74, 6) is 0.371. The van der Waals surface area contributed by atoms with E-state index in [0.29, 0.717) is 24.4 Å². The molecule has 4 N–H and O–H groups in total. The Bertz CT molecular complexity index is 621. The van der Waals surface area contributed by atoms with Gasteiger partial charge in [0.2, 0.25) is 10.0 Å². The predicted octanol–water partition coefficient (Wildman–Crippen LogP) is 2.14. The van der Waals surface area contributed by atoms with Crippen molar-refractivity contribution >= 4 is 27.3 Å². The van der Waals surface area contributed by atoms with E-state index in [-0.39, 0.29) is 16.5 Å². The minimum absolute atomic E-state index is 0.00980. The minimum atomic E-state index is -3.80. The van der Waals surface area contributed by atoms with Gasteiger partial charge in [-0.1, -0.05) is 31.4 Å². The summed E-state index contributed by atoms with van der Waals surface area (Å²) in [6.45, 7) is 1.84. The highest BCUT2D eigenvalue weighted by molar-refractivity contribution is 7.89. The number of hydrogen-bond acceptors (Lipinski definition) is 4. The van der Waals surface area contributed by atoms with Gasteiger partial charge in [-0.05, 0) is 37.0 Å². The van der Waals surface area contributed by atoms with Crippen LogP contribution in [0, 0.1) is 5.92 Å². The fourth-order valence-electron chi connectivity index (χ4n) is 3.00. The summed E-state index contributed by atoms with van der Waals surface area (Å²) < 4.78 is 27.8. The lowest BCUT2D eigenvalue weighted by Gasteiger charge is -2.39. The monoisotopic (exact) mass is 332 g/mol. The molecule has 1 aliphatic rings. The normalized spacial score (nSPS) is 26.7. The number of nitrogen functional groups attached to an aromatic ring is 1. The van der Waals surface area contributed by atoms with Gasteiger partial charge in [-0.25, -0.2) is 13.1 Å². The lowest BCUT2D eigenvalue weighted by molar-refractivity contribution is 0.120. The number of anilines is 1. The van der Waals surface area contributed by atoms with Crippen LogP contribution in [0.3, 0.4) is 0 Å². The van der Waals surface area contributed by atoms with Crippen LogP contribution in [0.1, 0.15) is 32.6 Å². The highest BCUT2D eigenvalue weighted by Crippen LogP contribution is 2.34. The average molecular weight is 333 g/mol. The highest BCUT2D eigenvalue weighted by Gasteiger charge is 2.38. The van der Waals surface area contributed by atoms with Crippen molar-refractivity contribution in [2.45, 2.75) is 43.0 Å². The van der Waals surface area contributed by atoms with Gasteiger partial charge in [-0.3, -0.25) is 0 Å². The summed E-state index contributed by atoms with van der Waals surface area (Å²) >= 11 is 5.99. The van der Waals surface area contributed by atoms with E-state index in [2.05, 4.69) is 11.6 Å². The maximum Gasteiger partial charge on any atom is 0.242 e. The predicted molar refractivity (Wildman–Crippen MR) is 83.6 cm³/mol. The zero-order valence-electron chi connectivity index (χ0n) is 12.0. The smallest absolute Gasteiger partial charge is 0.242 e. The molecular formula is C14H21ClN2O3S. The lowest BCUT2D eigenvalue weighted by atomic mass is 9.78. The Morgan fingerprint density at radius 1 is 1.52 bits per heavy atom. The third-order valence-corrected chi connectivity index (χ3v) is 6.05. The van der Waals surface area contributed by atoms with Crippen LogP contribution in [0.5, 0.6) is 0 Å². The fourth-order valence-corrected chi connectivity index (χ4v) is 4.99. The van der Waals surface area contributed by atoms with Crippen molar-refractivity contribution < 1.29 is 13.5 Å². The Hall–Kier alpha value is -0.820. The fraction of sp³-hybridized carbons (Fsp3) is 0.571. The molecule has 0 saturated heterocycles. The summed E-state index contributed by atoms with van der Waals surface area (Å²) in [6, 6.07) is 4.29. The first-order valence-electron chi connectivity index (χ1n) is 6.98. The molecule has 21 heavy (non-hydrogen) atoms. The zero-order valence-corrected chi connectivity index (χ0v) is 13.5. The van der Waals surface area contributed by atoms with E-state index in [1.165, 1.54) is 18.2 Å². The number of benzene rings is 1. The molecule has 1 fully saturated rings. The summed E-state index contributed by atoms with van der Waals surface area (Å²) in [4.78, 5) is -0.00980. The highest BCUT2D eigenvalue weighted by atomic mass is 35.5. The number of hydrogen-bond donors (Lipinski definition) is 3. The van der Waals surface area contributed by atoms with Crippen LogP contribution in [-0.2, 0) is 10.0 Å². The van der Waals surface area contributed by atoms with Crippen molar-refractivity contribution in [1.82, 2.24) is 4.72 Å². The Kier molecular flexibility index (Phi) is 4.82. The van der Waals surface area contributed by atoms with E-state index < -0.39 is 15.6 Å². The number of sulfonamides is 1. The van der Waals surface area contributed by atoms with E-state index in [1.54, 1.807) is 0 Å². The van der Waals surface area contributed by atoms with Crippen molar-refractivity contribution in [2.24, 2.45) is 5.92 Å². The maximum absolute atomic E-state index is 12.6. The average Bonchev–Trinajstić information content (AvgIpc) is 2.37. The van der Waals surface area contributed by atoms with Gasteiger partial charge in [0.05, 0.1) is 17.2 Å². The van der Waals surface area contributed by atoms with Crippen LogP contribution in [0.2, 0.25) is 5.02 Å². The van der Waals surface area contributed by atoms with Crippen LogP contribution in [0.4, 0.5) is 5.69 Å². The van der Waals surface area contributed by atoms with Gasteiger partial charge in [-0.15, -0.1) is 0 Å². The first-order chi connectivity index (χ1) is 9.78. The van der Waals surface area contributed by atoms with E-state index in [9.17, 15) is 13.5 Å². The largest absolute Gasteiger partial charge is 0.399 e. The standard InChI is InChI=1S/C14H21ClN2O3S/c1-10-3-2-6-14(8-10,9-18)17-21(19,20)13-5-4-11(16)7-12(13)15/h4-5,7,10,17-18H,2-3,6,8-9,16H2,1H3. The molecule has 5 nitrogen and oxygen atoms in total. The molecule has 0 bridgehead atoms. The van der Waals surface area contributed by atoms with Gasteiger partial charge >= 0.3 is 0 Å². The Balaban J connectivity index is 2.31. The second-order valence-electron chi connectivity index (χ2n) is 5.94. The number of halogens is 1. The van der Waals surface area contributed by atoms with Crippen LogP contribution in [-0.4, -0.2) is 25.7 Å². The molecule has 0 amide bonds. The van der Waals surface area contributed by atoms with Gasteiger partial charge in [0.1, 0.15) is 4.90 Å². The number of aliphatic hydroxyl groups excluding tert-OH is 1. The second kappa shape index (κ2) is 6.12. The SMILES string of the molecule is CC1CCCC(CO)(NS(=O)(=O)c2ccc(N)cc2Cl)C1. The van der Waals surface area contributed by atoms with E-state index in [1.807, 2.05) is 0 Å². The van der Waals surface area contributed by atoms with Crippen LogP contribution in [0.25, 0.3) is 0 Å². The first-order valence-corrected chi connectivity index (χ1v) is 8.84. The number of rotatable bonds is 4. The minimum Gasteiger partial charge on any atom is -0.399 e. The second-order valence-corrected chi connectivity index (χ2v) is 7.99. The molecule has 118 valence electrons. The van der Waals surface area contributed by atoms with E-state index in [4.69, 9.17) is 17.3 Å². The number of aliphatic hydroxyl groups is 1. The van der Waals surface area contributed by atoms with Gasteiger partial charge < -0.3 is 10.8 Å². The molecule has 2 atom stereocenters. The van der Waals surface area contributed by atoms with Gasteiger partial charge in [0.15, 0.2) is 0 Å². The van der Waals surface area contributed by atoms with Crippen molar-refractivity contribution in [2.75, 3.05) is 12.3 Å². The summed E-state index contributed by atoms with van der Waals surface area (Å²) in [5.41, 5.74) is 5.19. The molecule has 1 aromatic rings. The number of nitrogens with one attached hydrogen (secondary N) is 1. The zero-order chi connectivity index (χ0) is 15.7. The number of nitrogens with two attached hydrogens (primary N) is 1. The third kappa shape index (κ3) is 3.69. The van der Waals surface area contributed by atoms with Crippen LogP contribution < -0.4 is 10.5 Å². The van der Waals surface area contributed by atoms with E-state index in [0.717, 1.165) is 12.8 Å². The molecule has 7 heteroatoms. The molecule has 1 aromatic carbocycles. The molecule has 2 rings (SSSR count). The van der Waals surface area contributed by atoms with Crippen molar-refractivity contribution in [3.8, 4) is 0 Å². The van der Waals surface area contributed by atoms with Gasteiger partial charge in [-0.2, -0.15) is 0 Å². The van der Waals surface area contributed by atoms with Crippen LogP contribution in [0.15, 0.2) is 23.1 Å². The van der Waals surface area contributed by atoms with Crippen molar-refractivity contribution in [3.05, 3.63) is 23.2 Å². The van der Waals surface area contributed by atoms with Gasteiger partial charge in [0, 0.05) is 5.69 Å². The third-order valence-electron chi connectivity index (χ3n) is 3.99. The lowest BCUT2D eigenvalue weighted by Crippen LogP contribution is -2.53.